The Balaban J connectivity index is 2.65. The quantitative estimate of drug-likeness (QED) is 0.806. The average Bonchev–Trinajstić information content (AvgIpc) is 2.23. The van der Waals surface area contributed by atoms with Gasteiger partial charge >= 0.3 is 0 Å². The van der Waals surface area contributed by atoms with E-state index in [9.17, 15) is 4.79 Å². The summed E-state index contributed by atoms with van der Waals surface area (Å²) in [6.07, 6.45) is 0.373. The molecule has 1 rings (SSSR count). The molecule has 0 unspecified atom stereocenters. The fraction of sp³-hybridized carbons (Fsp3) is 0.462. The van der Waals surface area contributed by atoms with Crippen LogP contribution in [0.5, 0.6) is 0 Å². The van der Waals surface area contributed by atoms with Crippen molar-refractivity contribution in [1.29, 1.82) is 0 Å². The molecule has 0 spiro atoms. The highest BCUT2D eigenvalue weighted by atomic mass is 16.3. The molecule has 3 nitrogen and oxygen atoms in total. The smallest absolute Gasteiger partial charge is 0.224 e. The Labute approximate surface area is 96.5 Å². The van der Waals surface area contributed by atoms with E-state index in [0.717, 1.165) is 16.7 Å². The summed E-state index contributed by atoms with van der Waals surface area (Å²) < 4.78 is 0. The van der Waals surface area contributed by atoms with Crippen LogP contribution in [0.2, 0.25) is 0 Å². The molecule has 2 N–H and O–H groups in total. The van der Waals surface area contributed by atoms with Crippen LogP contribution < -0.4 is 5.32 Å². The molecule has 16 heavy (non-hydrogen) atoms. The number of rotatable bonds is 4. The Morgan fingerprint density at radius 2 is 2.12 bits per heavy atom. The number of nitrogens with one attached hydrogen (secondary N) is 1. The highest BCUT2D eigenvalue weighted by Crippen LogP contribution is 2.11. The van der Waals surface area contributed by atoms with Crippen molar-refractivity contribution >= 4 is 5.91 Å². The van der Waals surface area contributed by atoms with E-state index in [2.05, 4.69) is 5.32 Å². The summed E-state index contributed by atoms with van der Waals surface area (Å²) in [6, 6.07) is 5.90. The van der Waals surface area contributed by atoms with Crippen LogP contribution in [0.1, 0.15) is 23.6 Å². The molecule has 88 valence electrons. The standard InChI is InChI=1S/C13H19NO2/c1-9-4-5-10(2)12(6-9)7-13(16)14-11(3)8-15/h4-6,11,15H,7-8H2,1-3H3,(H,14,16)/t11-/m0/s1. The van der Waals surface area contributed by atoms with Crippen LogP contribution in [0, 0.1) is 13.8 Å². The Kier molecular flexibility index (Phi) is 4.50. The minimum Gasteiger partial charge on any atom is -0.394 e. The number of carbonyl (C=O) groups is 1. The second-order valence-corrected chi connectivity index (χ2v) is 4.26. The van der Waals surface area contributed by atoms with Crippen LogP contribution in [0.15, 0.2) is 18.2 Å². The Morgan fingerprint density at radius 3 is 2.75 bits per heavy atom. The van der Waals surface area contributed by atoms with Gasteiger partial charge in [-0.15, -0.1) is 0 Å². The van der Waals surface area contributed by atoms with Gasteiger partial charge < -0.3 is 10.4 Å². The van der Waals surface area contributed by atoms with Gasteiger partial charge in [0.15, 0.2) is 0 Å². The third kappa shape index (κ3) is 3.66. The van der Waals surface area contributed by atoms with Crippen molar-refractivity contribution < 1.29 is 9.90 Å². The summed E-state index contributed by atoms with van der Waals surface area (Å²) >= 11 is 0. The number of benzene rings is 1. The second kappa shape index (κ2) is 5.66. The van der Waals surface area contributed by atoms with Crippen molar-refractivity contribution in [2.75, 3.05) is 6.61 Å². The van der Waals surface area contributed by atoms with E-state index in [1.807, 2.05) is 32.0 Å². The first kappa shape index (κ1) is 12.7. The van der Waals surface area contributed by atoms with E-state index in [0.29, 0.717) is 6.42 Å². The normalized spacial score (nSPS) is 12.2. The molecule has 3 heteroatoms. The molecular weight excluding hydrogens is 202 g/mol. The number of amides is 1. The maximum Gasteiger partial charge on any atom is 0.224 e. The average molecular weight is 221 g/mol. The largest absolute Gasteiger partial charge is 0.394 e. The van der Waals surface area contributed by atoms with E-state index in [1.165, 1.54) is 0 Å². The zero-order chi connectivity index (χ0) is 12.1. The molecule has 0 aliphatic rings. The molecule has 0 fully saturated rings. The Morgan fingerprint density at radius 1 is 1.44 bits per heavy atom. The van der Waals surface area contributed by atoms with Gasteiger partial charge in [-0.3, -0.25) is 4.79 Å². The molecule has 0 saturated heterocycles. The van der Waals surface area contributed by atoms with Crippen molar-refractivity contribution in [2.24, 2.45) is 0 Å². The lowest BCUT2D eigenvalue weighted by atomic mass is 10.0. The van der Waals surface area contributed by atoms with Crippen molar-refractivity contribution in [3.05, 3.63) is 34.9 Å². The third-order valence-corrected chi connectivity index (χ3v) is 2.54. The fourth-order valence-corrected chi connectivity index (χ4v) is 1.54. The zero-order valence-corrected chi connectivity index (χ0v) is 10.1. The minimum atomic E-state index is -0.183. The predicted octanol–water partition coefficient (Wildman–Crippen LogP) is 1.34. The summed E-state index contributed by atoms with van der Waals surface area (Å²) in [5, 5.41) is 11.6. The van der Waals surface area contributed by atoms with E-state index in [1.54, 1.807) is 6.92 Å². The first-order valence-electron chi connectivity index (χ1n) is 5.49. The van der Waals surface area contributed by atoms with Gasteiger partial charge in [0, 0.05) is 6.04 Å². The van der Waals surface area contributed by atoms with Gasteiger partial charge in [-0.2, -0.15) is 0 Å². The maximum absolute atomic E-state index is 11.6. The summed E-state index contributed by atoms with van der Waals surface area (Å²) in [5.41, 5.74) is 3.32. The molecule has 1 atom stereocenters. The lowest BCUT2D eigenvalue weighted by molar-refractivity contribution is -0.121. The van der Waals surface area contributed by atoms with Crippen molar-refractivity contribution in [2.45, 2.75) is 33.2 Å². The first-order valence-corrected chi connectivity index (χ1v) is 5.49. The van der Waals surface area contributed by atoms with Gasteiger partial charge in [0.2, 0.25) is 5.91 Å². The van der Waals surface area contributed by atoms with Gasteiger partial charge in [-0.25, -0.2) is 0 Å². The number of aliphatic hydroxyl groups is 1. The number of aryl methyl sites for hydroxylation is 2. The molecule has 0 saturated carbocycles. The van der Waals surface area contributed by atoms with Gasteiger partial charge in [-0.05, 0) is 31.9 Å². The van der Waals surface area contributed by atoms with E-state index < -0.39 is 0 Å². The van der Waals surface area contributed by atoms with Crippen molar-refractivity contribution in [1.82, 2.24) is 5.32 Å². The van der Waals surface area contributed by atoms with Crippen molar-refractivity contribution in [3.63, 3.8) is 0 Å². The molecule has 1 amide bonds. The van der Waals surface area contributed by atoms with Gasteiger partial charge in [-0.1, -0.05) is 23.8 Å². The molecule has 0 bridgehead atoms. The molecule has 0 aliphatic carbocycles. The number of carbonyl (C=O) groups excluding carboxylic acids is 1. The fourth-order valence-electron chi connectivity index (χ4n) is 1.54. The summed E-state index contributed by atoms with van der Waals surface area (Å²) in [7, 11) is 0. The second-order valence-electron chi connectivity index (χ2n) is 4.26. The van der Waals surface area contributed by atoms with Crippen LogP contribution in [-0.4, -0.2) is 23.7 Å². The van der Waals surface area contributed by atoms with E-state index >= 15 is 0 Å². The Bertz CT molecular complexity index is 374. The van der Waals surface area contributed by atoms with Gasteiger partial charge in [0.1, 0.15) is 0 Å². The van der Waals surface area contributed by atoms with Gasteiger partial charge in [0.25, 0.3) is 0 Å². The highest BCUT2D eigenvalue weighted by molar-refractivity contribution is 5.79. The molecule has 0 aliphatic heterocycles. The van der Waals surface area contributed by atoms with Crippen molar-refractivity contribution in [3.8, 4) is 0 Å². The van der Waals surface area contributed by atoms with Crippen LogP contribution in [-0.2, 0) is 11.2 Å². The highest BCUT2D eigenvalue weighted by Gasteiger charge is 2.08. The molecular formula is C13H19NO2. The molecule has 1 aromatic carbocycles. The lowest BCUT2D eigenvalue weighted by Crippen LogP contribution is -2.36. The van der Waals surface area contributed by atoms with Crippen LogP contribution in [0.4, 0.5) is 0 Å². The molecule has 0 aromatic heterocycles. The summed E-state index contributed by atoms with van der Waals surface area (Å²) in [6.45, 7) is 5.76. The zero-order valence-electron chi connectivity index (χ0n) is 10.1. The predicted molar refractivity (Wildman–Crippen MR) is 64.3 cm³/mol. The third-order valence-electron chi connectivity index (χ3n) is 2.54. The van der Waals surface area contributed by atoms with Crippen LogP contribution in [0.25, 0.3) is 0 Å². The number of aliphatic hydroxyl groups excluding tert-OH is 1. The van der Waals surface area contributed by atoms with Crippen LogP contribution >= 0.6 is 0 Å². The van der Waals surface area contributed by atoms with Crippen LogP contribution in [0.3, 0.4) is 0 Å². The number of hydrogen-bond donors (Lipinski definition) is 2. The van der Waals surface area contributed by atoms with E-state index in [4.69, 9.17) is 5.11 Å². The Hall–Kier alpha value is -1.35. The maximum atomic E-state index is 11.6. The molecule has 0 radical (unpaired) electrons. The monoisotopic (exact) mass is 221 g/mol. The first-order chi connectivity index (χ1) is 7.52. The summed E-state index contributed by atoms with van der Waals surface area (Å²) in [5.74, 6) is -0.0461. The minimum absolute atomic E-state index is 0.0292. The summed E-state index contributed by atoms with van der Waals surface area (Å²) in [4.78, 5) is 11.6. The molecule has 1 aromatic rings. The SMILES string of the molecule is Cc1ccc(C)c(CC(=O)N[C@@H](C)CO)c1. The topological polar surface area (TPSA) is 49.3 Å². The van der Waals surface area contributed by atoms with Gasteiger partial charge in [0.05, 0.1) is 13.0 Å². The number of hydrogen-bond acceptors (Lipinski definition) is 2. The van der Waals surface area contributed by atoms with E-state index in [-0.39, 0.29) is 18.6 Å². The lowest BCUT2D eigenvalue weighted by Gasteiger charge is -2.12. The molecule has 0 heterocycles.